The molecule has 0 aliphatic heterocycles. The lowest BCUT2D eigenvalue weighted by molar-refractivity contribution is 0.0600. The fourth-order valence-electron chi connectivity index (χ4n) is 2.45. The second kappa shape index (κ2) is 5.06. The van der Waals surface area contributed by atoms with Crippen LogP contribution in [0, 0.1) is 6.92 Å². The maximum atomic E-state index is 11.7. The molecule has 2 rings (SSSR count). The van der Waals surface area contributed by atoms with E-state index in [2.05, 4.69) is 0 Å². The zero-order valence-electron chi connectivity index (χ0n) is 10.7. The number of ether oxygens (including phenoxy) is 1. The highest BCUT2D eigenvalue weighted by molar-refractivity contribution is 7.80. The number of benzene rings is 1. The Bertz CT molecular complexity index is 507. The molecule has 96 valence electrons. The molecule has 0 aromatic heterocycles. The van der Waals surface area contributed by atoms with Crippen LogP contribution in [0.4, 0.5) is 0 Å². The third-order valence-electron chi connectivity index (χ3n) is 3.69. The van der Waals surface area contributed by atoms with E-state index in [-0.39, 0.29) is 5.97 Å². The Morgan fingerprint density at radius 3 is 2.56 bits per heavy atom. The molecule has 18 heavy (non-hydrogen) atoms. The first-order valence-corrected chi connectivity index (χ1v) is 6.48. The quantitative estimate of drug-likeness (QED) is 0.673. The summed E-state index contributed by atoms with van der Waals surface area (Å²) < 4.78 is 4.77. The van der Waals surface area contributed by atoms with E-state index in [1.807, 2.05) is 19.1 Å². The fraction of sp³-hybridized carbons (Fsp3) is 0.429. The highest BCUT2D eigenvalue weighted by atomic mass is 32.1. The van der Waals surface area contributed by atoms with E-state index in [1.54, 1.807) is 0 Å². The lowest BCUT2D eigenvalue weighted by atomic mass is 9.77. The minimum absolute atomic E-state index is 0.342. The Hall–Kier alpha value is -1.42. The Kier molecular flexibility index (Phi) is 3.66. The van der Waals surface area contributed by atoms with Gasteiger partial charge in [0.2, 0.25) is 0 Å². The van der Waals surface area contributed by atoms with Crippen LogP contribution in [0.25, 0.3) is 0 Å². The molecule has 0 amide bonds. The Labute approximate surface area is 112 Å². The molecule has 1 fully saturated rings. The molecule has 4 heteroatoms. The van der Waals surface area contributed by atoms with Gasteiger partial charge in [-0.25, -0.2) is 4.79 Å². The first kappa shape index (κ1) is 13.0. The molecule has 2 N–H and O–H groups in total. The molecule has 0 unspecified atom stereocenters. The monoisotopic (exact) mass is 263 g/mol. The molecule has 1 aromatic rings. The van der Waals surface area contributed by atoms with Gasteiger partial charge in [0.15, 0.2) is 0 Å². The molecule has 0 saturated heterocycles. The second-order valence-electron chi connectivity index (χ2n) is 4.69. The van der Waals surface area contributed by atoms with Crippen molar-refractivity contribution in [3.8, 4) is 0 Å². The number of nitrogens with two attached hydrogens (primary N) is 1. The zero-order valence-corrected chi connectivity index (χ0v) is 11.5. The van der Waals surface area contributed by atoms with Crippen molar-refractivity contribution >= 4 is 23.2 Å². The number of hydrogen-bond donors (Lipinski definition) is 1. The third-order valence-corrected chi connectivity index (χ3v) is 3.90. The minimum atomic E-state index is -0.342. The normalized spacial score (nSPS) is 15.0. The van der Waals surface area contributed by atoms with Crippen molar-refractivity contribution in [2.45, 2.75) is 32.1 Å². The van der Waals surface area contributed by atoms with E-state index in [1.165, 1.54) is 31.9 Å². The molecule has 0 spiro atoms. The van der Waals surface area contributed by atoms with Crippen LogP contribution in [0.5, 0.6) is 0 Å². The maximum absolute atomic E-state index is 11.7. The number of carbonyl (C=O) groups is 1. The van der Waals surface area contributed by atoms with Crippen LogP contribution in [-0.2, 0) is 4.74 Å². The predicted molar refractivity (Wildman–Crippen MR) is 75.0 cm³/mol. The van der Waals surface area contributed by atoms with Gasteiger partial charge >= 0.3 is 5.97 Å². The summed E-state index contributed by atoms with van der Waals surface area (Å²) in [5.41, 5.74) is 9.24. The zero-order chi connectivity index (χ0) is 13.3. The van der Waals surface area contributed by atoms with Crippen molar-refractivity contribution in [2.24, 2.45) is 5.73 Å². The van der Waals surface area contributed by atoms with Crippen LogP contribution in [0.2, 0.25) is 0 Å². The molecular formula is C14H17NO2S. The Morgan fingerprint density at radius 2 is 2.11 bits per heavy atom. The summed E-state index contributed by atoms with van der Waals surface area (Å²) in [7, 11) is 1.38. The summed E-state index contributed by atoms with van der Waals surface area (Å²) in [6, 6.07) is 3.79. The van der Waals surface area contributed by atoms with Gasteiger partial charge in [-0.15, -0.1) is 0 Å². The topological polar surface area (TPSA) is 52.3 Å². The summed E-state index contributed by atoms with van der Waals surface area (Å²) in [6.45, 7) is 1.88. The molecule has 1 aliphatic rings. The van der Waals surface area contributed by atoms with Gasteiger partial charge in [0.25, 0.3) is 0 Å². The average Bonchev–Trinajstić information content (AvgIpc) is 2.25. The standard InChI is InChI=1S/C14H17NO2S/c1-8-10(14(16)17-2)6-7-11(9-4-3-5-9)12(8)13(15)18/h6-7,9H,3-5H2,1-2H3,(H2,15,18). The molecule has 0 radical (unpaired) electrons. The van der Waals surface area contributed by atoms with Gasteiger partial charge in [-0.3, -0.25) is 0 Å². The van der Waals surface area contributed by atoms with Crippen LogP contribution in [0.1, 0.15) is 52.2 Å². The number of esters is 1. The van der Waals surface area contributed by atoms with Crippen LogP contribution in [0.3, 0.4) is 0 Å². The van der Waals surface area contributed by atoms with Gasteiger partial charge in [0.05, 0.1) is 12.7 Å². The van der Waals surface area contributed by atoms with E-state index in [9.17, 15) is 4.79 Å². The predicted octanol–water partition coefficient (Wildman–Crippen LogP) is 2.68. The van der Waals surface area contributed by atoms with Gasteiger partial charge in [-0.1, -0.05) is 24.7 Å². The van der Waals surface area contributed by atoms with Crippen LogP contribution < -0.4 is 5.73 Å². The molecule has 0 atom stereocenters. The van der Waals surface area contributed by atoms with Crippen LogP contribution in [-0.4, -0.2) is 18.1 Å². The summed E-state index contributed by atoms with van der Waals surface area (Å²) in [5, 5.41) is 0. The van der Waals surface area contributed by atoms with E-state index in [4.69, 9.17) is 22.7 Å². The number of rotatable bonds is 3. The second-order valence-corrected chi connectivity index (χ2v) is 5.13. The molecule has 3 nitrogen and oxygen atoms in total. The highest BCUT2D eigenvalue weighted by Gasteiger charge is 2.25. The van der Waals surface area contributed by atoms with E-state index < -0.39 is 0 Å². The number of thiocarbonyl (C=S) groups is 1. The van der Waals surface area contributed by atoms with E-state index in [0.29, 0.717) is 16.5 Å². The lowest BCUT2D eigenvalue weighted by Crippen LogP contribution is -2.21. The van der Waals surface area contributed by atoms with Crippen LogP contribution >= 0.6 is 12.2 Å². The van der Waals surface area contributed by atoms with Crippen molar-refractivity contribution < 1.29 is 9.53 Å². The number of carbonyl (C=O) groups excluding carboxylic acids is 1. The van der Waals surface area contributed by atoms with Gasteiger partial charge in [-0.2, -0.15) is 0 Å². The lowest BCUT2D eigenvalue weighted by Gasteiger charge is -2.29. The summed E-state index contributed by atoms with van der Waals surface area (Å²) >= 11 is 5.14. The largest absolute Gasteiger partial charge is 0.465 e. The Balaban J connectivity index is 2.54. The van der Waals surface area contributed by atoms with Crippen LogP contribution in [0.15, 0.2) is 12.1 Å². The van der Waals surface area contributed by atoms with E-state index in [0.717, 1.165) is 11.1 Å². The van der Waals surface area contributed by atoms with Crippen molar-refractivity contribution in [3.05, 3.63) is 34.4 Å². The van der Waals surface area contributed by atoms with Crippen molar-refractivity contribution in [2.75, 3.05) is 7.11 Å². The Morgan fingerprint density at radius 1 is 1.44 bits per heavy atom. The van der Waals surface area contributed by atoms with Gasteiger partial charge in [-0.05, 0) is 42.9 Å². The average molecular weight is 263 g/mol. The molecule has 1 saturated carbocycles. The highest BCUT2D eigenvalue weighted by Crippen LogP contribution is 2.39. The van der Waals surface area contributed by atoms with Crippen molar-refractivity contribution in [1.82, 2.24) is 0 Å². The van der Waals surface area contributed by atoms with Gasteiger partial charge in [0.1, 0.15) is 4.99 Å². The molecular weight excluding hydrogens is 246 g/mol. The summed E-state index contributed by atoms with van der Waals surface area (Å²) in [6.07, 6.45) is 3.60. The maximum Gasteiger partial charge on any atom is 0.338 e. The van der Waals surface area contributed by atoms with Gasteiger partial charge in [0, 0.05) is 5.56 Å². The first-order valence-electron chi connectivity index (χ1n) is 6.08. The van der Waals surface area contributed by atoms with Crippen molar-refractivity contribution in [1.29, 1.82) is 0 Å². The SMILES string of the molecule is COC(=O)c1ccc(C2CCC2)c(C(N)=S)c1C. The smallest absolute Gasteiger partial charge is 0.338 e. The molecule has 1 aliphatic carbocycles. The molecule has 0 bridgehead atoms. The van der Waals surface area contributed by atoms with Crippen molar-refractivity contribution in [3.63, 3.8) is 0 Å². The number of hydrogen-bond acceptors (Lipinski definition) is 3. The summed E-state index contributed by atoms with van der Waals surface area (Å²) in [4.78, 5) is 12.0. The van der Waals surface area contributed by atoms with E-state index >= 15 is 0 Å². The fourth-order valence-corrected chi connectivity index (χ4v) is 2.72. The summed E-state index contributed by atoms with van der Waals surface area (Å²) in [5.74, 6) is 0.192. The number of methoxy groups -OCH3 is 1. The minimum Gasteiger partial charge on any atom is -0.465 e. The molecule has 1 aromatic carbocycles. The third kappa shape index (κ3) is 2.12. The van der Waals surface area contributed by atoms with Gasteiger partial charge < -0.3 is 10.5 Å². The first-order chi connectivity index (χ1) is 8.56. The molecule has 0 heterocycles.